The van der Waals surface area contributed by atoms with Crippen LogP contribution >= 0.6 is 11.5 Å². The molecule has 1 N–H and O–H groups in total. The summed E-state index contributed by atoms with van der Waals surface area (Å²) in [4.78, 5) is 24.8. The minimum Gasteiger partial charge on any atom is -0.465 e. The summed E-state index contributed by atoms with van der Waals surface area (Å²) >= 11 is 1.00. The Hall–Kier alpha value is -3.06. The van der Waals surface area contributed by atoms with Crippen molar-refractivity contribution in [2.75, 3.05) is 12.4 Å². The Bertz CT molecular complexity index is 878. The van der Waals surface area contributed by atoms with Gasteiger partial charge in [0.1, 0.15) is 10.6 Å². The Kier molecular flexibility index (Phi) is 4.62. The molecular formula is C17H13N3O3S. The van der Waals surface area contributed by atoms with E-state index in [1.807, 2.05) is 30.3 Å². The summed E-state index contributed by atoms with van der Waals surface area (Å²) in [6.45, 7) is 0. The fourth-order valence-corrected chi connectivity index (χ4v) is 2.77. The number of para-hydroxylation sites is 1. The van der Waals surface area contributed by atoms with E-state index in [2.05, 4.69) is 14.9 Å². The molecule has 1 heterocycles. The van der Waals surface area contributed by atoms with Crippen molar-refractivity contribution in [3.63, 3.8) is 0 Å². The van der Waals surface area contributed by atoms with Crippen LogP contribution in [0.15, 0.2) is 54.6 Å². The van der Waals surface area contributed by atoms with Gasteiger partial charge < -0.3 is 10.1 Å². The summed E-state index contributed by atoms with van der Waals surface area (Å²) in [5.74, 6) is -0.892. The normalized spacial score (nSPS) is 10.2. The average molecular weight is 339 g/mol. The maximum atomic E-state index is 12.6. The molecule has 0 bridgehead atoms. The van der Waals surface area contributed by atoms with Crippen LogP contribution in [-0.2, 0) is 4.74 Å². The van der Waals surface area contributed by atoms with Gasteiger partial charge in [-0.25, -0.2) is 4.79 Å². The number of ether oxygens (including phenoxy) is 1. The van der Waals surface area contributed by atoms with Crippen molar-refractivity contribution in [2.24, 2.45) is 0 Å². The number of hydrogen-bond acceptors (Lipinski definition) is 6. The van der Waals surface area contributed by atoms with Crippen LogP contribution in [0.25, 0.3) is 11.3 Å². The number of benzene rings is 2. The van der Waals surface area contributed by atoms with E-state index in [1.54, 1.807) is 24.3 Å². The predicted octanol–water partition coefficient (Wildman–Crippen LogP) is 3.24. The molecule has 0 aliphatic rings. The van der Waals surface area contributed by atoms with Crippen LogP contribution in [0.2, 0.25) is 0 Å². The number of nitrogens with zero attached hydrogens (tertiary/aromatic N) is 2. The molecule has 0 unspecified atom stereocenters. The largest absolute Gasteiger partial charge is 0.465 e. The van der Waals surface area contributed by atoms with Crippen LogP contribution in [0, 0.1) is 0 Å². The zero-order valence-electron chi connectivity index (χ0n) is 12.7. The summed E-state index contributed by atoms with van der Waals surface area (Å²) in [5.41, 5.74) is 1.97. The highest BCUT2D eigenvalue weighted by Gasteiger charge is 2.20. The lowest BCUT2D eigenvalue weighted by atomic mass is 10.1. The van der Waals surface area contributed by atoms with Crippen molar-refractivity contribution in [1.82, 2.24) is 9.59 Å². The molecule has 1 amide bonds. The van der Waals surface area contributed by atoms with Gasteiger partial charge in [0.2, 0.25) is 0 Å². The first-order valence-corrected chi connectivity index (χ1v) is 7.84. The molecule has 0 spiro atoms. The van der Waals surface area contributed by atoms with Gasteiger partial charge in [-0.15, -0.1) is 5.10 Å². The van der Waals surface area contributed by atoms with Crippen molar-refractivity contribution in [1.29, 1.82) is 0 Å². The zero-order valence-corrected chi connectivity index (χ0v) is 13.5. The van der Waals surface area contributed by atoms with Crippen LogP contribution < -0.4 is 5.32 Å². The van der Waals surface area contributed by atoms with E-state index in [9.17, 15) is 9.59 Å². The van der Waals surface area contributed by atoms with Gasteiger partial charge in [-0.3, -0.25) is 4.79 Å². The van der Waals surface area contributed by atoms with E-state index < -0.39 is 5.97 Å². The number of methoxy groups -OCH3 is 1. The number of carbonyl (C=O) groups excluding carboxylic acids is 2. The van der Waals surface area contributed by atoms with E-state index in [0.29, 0.717) is 16.3 Å². The Labute approximate surface area is 142 Å². The Morgan fingerprint density at radius 3 is 2.50 bits per heavy atom. The van der Waals surface area contributed by atoms with Gasteiger partial charge in [-0.2, -0.15) is 0 Å². The summed E-state index contributed by atoms with van der Waals surface area (Å²) in [5, 5.41) is 6.77. The summed E-state index contributed by atoms with van der Waals surface area (Å²) in [7, 11) is 1.29. The van der Waals surface area contributed by atoms with Crippen molar-refractivity contribution in [3.8, 4) is 11.3 Å². The number of carbonyl (C=O) groups is 2. The van der Waals surface area contributed by atoms with Gasteiger partial charge >= 0.3 is 5.97 Å². The molecule has 0 radical (unpaired) electrons. The summed E-state index contributed by atoms with van der Waals surface area (Å²) in [6, 6.07) is 16.0. The molecule has 0 saturated heterocycles. The van der Waals surface area contributed by atoms with Gasteiger partial charge in [0.25, 0.3) is 5.91 Å². The molecule has 0 aliphatic carbocycles. The van der Waals surface area contributed by atoms with Crippen LogP contribution in [0.3, 0.4) is 0 Å². The molecule has 7 heteroatoms. The van der Waals surface area contributed by atoms with Gasteiger partial charge in [0, 0.05) is 5.56 Å². The molecule has 120 valence electrons. The van der Waals surface area contributed by atoms with Crippen LogP contribution in [0.1, 0.15) is 20.0 Å². The lowest BCUT2D eigenvalue weighted by Gasteiger charge is -2.09. The molecule has 6 nitrogen and oxygen atoms in total. The fraction of sp³-hybridized carbons (Fsp3) is 0.0588. The van der Waals surface area contributed by atoms with Gasteiger partial charge in [0.15, 0.2) is 0 Å². The quantitative estimate of drug-likeness (QED) is 0.738. The zero-order chi connectivity index (χ0) is 16.9. The highest BCUT2D eigenvalue weighted by atomic mass is 32.1. The number of rotatable bonds is 4. The van der Waals surface area contributed by atoms with E-state index in [-0.39, 0.29) is 11.5 Å². The van der Waals surface area contributed by atoms with E-state index >= 15 is 0 Å². The minimum atomic E-state index is -0.517. The molecule has 3 aromatic rings. The second kappa shape index (κ2) is 7.01. The van der Waals surface area contributed by atoms with Gasteiger partial charge in [-0.05, 0) is 23.7 Å². The van der Waals surface area contributed by atoms with Crippen molar-refractivity contribution in [3.05, 3.63) is 65.0 Å². The lowest BCUT2D eigenvalue weighted by molar-refractivity contribution is 0.0602. The molecule has 0 saturated carbocycles. The van der Waals surface area contributed by atoms with Gasteiger partial charge in [-0.1, -0.05) is 47.0 Å². The number of hydrogen-bond donors (Lipinski definition) is 1. The monoisotopic (exact) mass is 339 g/mol. The second-order valence-corrected chi connectivity index (χ2v) is 5.56. The van der Waals surface area contributed by atoms with Gasteiger partial charge in [0.05, 0.1) is 18.4 Å². The fourth-order valence-electron chi connectivity index (χ4n) is 2.18. The summed E-state index contributed by atoms with van der Waals surface area (Å²) in [6.07, 6.45) is 0. The maximum Gasteiger partial charge on any atom is 0.339 e. The smallest absolute Gasteiger partial charge is 0.339 e. The highest BCUT2D eigenvalue weighted by molar-refractivity contribution is 7.08. The lowest BCUT2D eigenvalue weighted by Crippen LogP contribution is -2.15. The minimum absolute atomic E-state index is 0.284. The van der Waals surface area contributed by atoms with E-state index in [0.717, 1.165) is 17.1 Å². The highest BCUT2D eigenvalue weighted by Crippen LogP contribution is 2.25. The number of aromatic nitrogens is 2. The Morgan fingerprint density at radius 2 is 1.75 bits per heavy atom. The van der Waals surface area contributed by atoms with Crippen LogP contribution in [0.5, 0.6) is 0 Å². The molecule has 0 atom stereocenters. The molecule has 2 aromatic carbocycles. The topological polar surface area (TPSA) is 81.2 Å². The van der Waals surface area contributed by atoms with E-state index in [4.69, 9.17) is 4.74 Å². The molecule has 3 rings (SSSR count). The van der Waals surface area contributed by atoms with E-state index in [1.165, 1.54) is 7.11 Å². The van der Waals surface area contributed by atoms with Crippen LogP contribution in [0.4, 0.5) is 5.69 Å². The standard InChI is InChI=1S/C17H13N3O3S/c1-23-17(22)12-9-5-6-10-13(12)18-16(21)15-14(19-20-24-15)11-7-3-2-4-8-11/h2-10H,1H3,(H,18,21). The summed E-state index contributed by atoms with van der Waals surface area (Å²) < 4.78 is 8.60. The number of esters is 1. The van der Waals surface area contributed by atoms with Crippen LogP contribution in [-0.4, -0.2) is 28.6 Å². The number of amides is 1. The third-order valence-corrected chi connectivity index (χ3v) is 4.05. The first-order valence-electron chi connectivity index (χ1n) is 7.07. The maximum absolute atomic E-state index is 12.6. The van der Waals surface area contributed by atoms with Crippen molar-refractivity contribution in [2.45, 2.75) is 0 Å². The van der Waals surface area contributed by atoms with Crippen molar-refractivity contribution < 1.29 is 14.3 Å². The molecule has 0 fully saturated rings. The molecule has 24 heavy (non-hydrogen) atoms. The third kappa shape index (κ3) is 3.16. The predicted molar refractivity (Wildman–Crippen MR) is 91.1 cm³/mol. The first-order chi connectivity index (χ1) is 11.7. The SMILES string of the molecule is COC(=O)c1ccccc1NC(=O)c1snnc1-c1ccccc1. The molecule has 1 aromatic heterocycles. The third-order valence-electron chi connectivity index (χ3n) is 3.32. The Morgan fingerprint density at radius 1 is 1.04 bits per heavy atom. The number of anilines is 1. The Balaban J connectivity index is 1.90. The average Bonchev–Trinajstić information content (AvgIpc) is 3.12. The molecular weight excluding hydrogens is 326 g/mol. The second-order valence-electron chi connectivity index (χ2n) is 4.81. The van der Waals surface area contributed by atoms with Crippen molar-refractivity contribution >= 4 is 29.1 Å². The molecule has 0 aliphatic heterocycles. The first kappa shape index (κ1) is 15.8. The number of nitrogens with one attached hydrogen (secondary N) is 1.